The number of amides is 4. The topological polar surface area (TPSA) is 364 Å². The average molecular weight is 907 g/mol. The van der Waals surface area contributed by atoms with Crippen LogP contribution in [-0.2, 0) is 48.0 Å². The first-order valence-corrected chi connectivity index (χ1v) is 20.3. The zero-order valence-corrected chi connectivity index (χ0v) is 33.4. The molecule has 1 fully saturated rings. The fourth-order valence-electron chi connectivity index (χ4n) is 5.30. The lowest BCUT2D eigenvalue weighted by molar-refractivity contribution is -0.150. The van der Waals surface area contributed by atoms with Crippen molar-refractivity contribution in [3.05, 3.63) is 70.0 Å². The minimum atomic E-state index is -1.67. The highest BCUT2D eigenvalue weighted by atomic mass is 32.2. The number of carboxylic acid groups (broad SMARTS) is 4. The van der Waals surface area contributed by atoms with Gasteiger partial charge < -0.3 is 57.1 Å². The van der Waals surface area contributed by atoms with E-state index in [1.165, 1.54) is 22.9 Å². The molecule has 4 amide bonds. The molecule has 60 heavy (non-hydrogen) atoms. The van der Waals surface area contributed by atoms with Crippen LogP contribution in [-0.4, -0.2) is 142 Å². The van der Waals surface area contributed by atoms with Crippen molar-refractivity contribution in [2.24, 2.45) is 10.3 Å². The molecular weight excluding hydrogens is 877 g/mol. The molecular formula is C32H30N10O14S4. The van der Waals surface area contributed by atoms with Gasteiger partial charge in [0.25, 0.3) is 23.6 Å². The van der Waals surface area contributed by atoms with Gasteiger partial charge in [-0.25, -0.2) is 29.1 Å². The number of anilines is 2. The van der Waals surface area contributed by atoms with Gasteiger partial charge >= 0.3 is 23.9 Å². The van der Waals surface area contributed by atoms with Gasteiger partial charge in [0.1, 0.15) is 45.6 Å². The number of fused-ring (bicyclic) bond motifs is 1. The van der Waals surface area contributed by atoms with E-state index >= 15 is 0 Å². The van der Waals surface area contributed by atoms with Crippen LogP contribution in [0.4, 0.5) is 10.3 Å². The molecule has 24 nitrogen and oxygen atoms in total. The van der Waals surface area contributed by atoms with Crippen LogP contribution in [0.2, 0.25) is 0 Å². The van der Waals surface area contributed by atoms with Crippen LogP contribution in [0.5, 0.6) is 0 Å². The molecule has 3 aliphatic rings. The summed E-state index contributed by atoms with van der Waals surface area (Å²) >= 11 is 3.79. The van der Waals surface area contributed by atoms with Crippen LogP contribution in [0.3, 0.4) is 0 Å². The number of carboxylic acids is 4. The molecule has 0 saturated carbocycles. The minimum absolute atomic E-state index is 0.000895. The van der Waals surface area contributed by atoms with Crippen LogP contribution < -0.4 is 27.0 Å². The number of thioether (sulfide) groups is 2. The first kappa shape index (κ1) is 44.3. The Bertz CT molecular complexity index is 2300. The van der Waals surface area contributed by atoms with Crippen LogP contribution in [0.25, 0.3) is 0 Å². The molecule has 0 aliphatic carbocycles. The lowest BCUT2D eigenvalue weighted by Gasteiger charge is -2.49. The summed E-state index contributed by atoms with van der Waals surface area (Å²) < 4.78 is 0. The third-order valence-corrected chi connectivity index (χ3v) is 11.9. The zero-order chi connectivity index (χ0) is 43.8. The number of aromatic nitrogens is 2. The zero-order valence-electron chi connectivity index (χ0n) is 30.2. The van der Waals surface area contributed by atoms with Crippen molar-refractivity contribution in [3.63, 3.8) is 0 Å². The number of carbonyl (C=O) groups excluding carboxylic acids is 4. The van der Waals surface area contributed by atoms with Crippen molar-refractivity contribution in [1.82, 2.24) is 30.8 Å². The second kappa shape index (κ2) is 19.3. The second-order valence-corrected chi connectivity index (χ2v) is 15.8. The van der Waals surface area contributed by atoms with Crippen molar-refractivity contribution in [1.29, 1.82) is 0 Å². The summed E-state index contributed by atoms with van der Waals surface area (Å²) in [5, 5.41) is 55.1. The Kier molecular flexibility index (Phi) is 14.3. The molecule has 10 N–H and O–H groups in total. The number of oxime groups is 2. The average Bonchev–Trinajstić information content (AvgIpc) is 3.86. The number of allylic oxidation sites excluding steroid dienone is 2. The van der Waals surface area contributed by atoms with Crippen LogP contribution in [0.1, 0.15) is 11.4 Å². The van der Waals surface area contributed by atoms with E-state index in [1.54, 1.807) is 0 Å². The summed E-state index contributed by atoms with van der Waals surface area (Å²) in [6, 6.07) is -2.91. The van der Waals surface area contributed by atoms with E-state index in [0.29, 0.717) is 5.57 Å². The number of nitrogens with one attached hydrogen (secondary N) is 4. The lowest BCUT2D eigenvalue weighted by Crippen LogP contribution is -2.71. The molecule has 2 aromatic heterocycles. The molecule has 2 aromatic rings. The van der Waals surface area contributed by atoms with Crippen molar-refractivity contribution < 1.29 is 68.5 Å². The van der Waals surface area contributed by atoms with E-state index in [-0.39, 0.29) is 50.1 Å². The Morgan fingerprint density at radius 2 is 1.50 bits per heavy atom. The molecule has 316 valence electrons. The number of rotatable bonds is 19. The summed E-state index contributed by atoms with van der Waals surface area (Å²) in [7, 11) is 0. The highest BCUT2D eigenvalue weighted by molar-refractivity contribution is 8.00. The van der Waals surface area contributed by atoms with E-state index in [1.807, 2.05) is 0 Å². The molecule has 5 heterocycles. The standard InChI is InChI=1S/C32H30N10O14S4/c1-3-11-7-57-26(38-17(11)29(51)52)20(36-23(47)18(40-55-5-15(43)44)13-9-59-31(33)34-13)25(49)39-32-35-14(10-60-32)19(41-56-6-16(45)46)24(48)37-21-27(50)42-22(30(53)54)12(4-2)8-58-28(21)42/h3-4,9-10,20-21,26,28,38H,1-2,5-8H2,(H2,33,34)(H,36,47)(H,37,48)(H,43,44)(H,45,46)(H,51,52)(H,53,54)(H,35,39,49)/b40-18-,41-19-/t20?,21-,26?,28-/m1/s1. The van der Waals surface area contributed by atoms with E-state index in [4.69, 9.17) is 25.6 Å². The molecule has 3 aliphatic heterocycles. The number of hydrogen-bond acceptors (Lipinski definition) is 20. The predicted molar refractivity (Wildman–Crippen MR) is 214 cm³/mol. The molecule has 4 atom stereocenters. The quantitative estimate of drug-likeness (QED) is 0.0465. The van der Waals surface area contributed by atoms with E-state index in [2.05, 4.69) is 54.7 Å². The number of β-lactam (4-membered cyclic amide) rings is 1. The van der Waals surface area contributed by atoms with Gasteiger partial charge in [-0.2, -0.15) is 0 Å². The van der Waals surface area contributed by atoms with Gasteiger partial charge in [0.15, 0.2) is 21.7 Å². The Labute approximate surface area is 352 Å². The molecule has 0 bridgehead atoms. The monoisotopic (exact) mass is 906 g/mol. The number of nitrogens with two attached hydrogens (primary N) is 1. The number of nitrogens with zero attached hydrogens (tertiary/aromatic N) is 5. The third kappa shape index (κ3) is 10.1. The Morgan fingerprint density at radius 3 is 2.07 bits per heavy atom. The van der Waals surface area contributed by atoms with Crippen LogP contribution >= 0.6 is 46.2 Å². The number of hydrogen-bond donors (Lipinski definition) is 9. The second-order valence-electron chi connectivity index (χ2n) is 11.8. The maximum atomic E-state index is 14.0. The van der Waals surface area contributed by atoms with Gasteiger partial charge in [-0.3, -0.25) is 24.1 Å². The first-order chi connectivity index (χ1) is 28.5. The van der Waals surface area contributed by atoms with Gasteiger partial charge in [0.2, 0.25) is 13.2 Å². The SMILES string of the molecule is C=CC1=C(C(=O)O)NC(C(NC(=O)/C(=N\OCC(=O)O)c2csc(N)n2)C(=O)Nc2nc(/C(=N/OCC(=O)O)C(=O)N[C@@H]3C(=O)N4C(C(=O)O)=C(C=C)CS[C@H]34)cs2)SC1. The molecule has 28 heteroatoms. The lowest BCUT2D eigenvalue weighted by atomic mass is 10.0. The van der Waals surface area contributed by atoms with Crippen molar-refractivity contribution in [3.8, 4) is 0 Å². The normalized spacial score (nSPS) is 19.4. The van der Waals surface area contributed by atoms with Gasteiger partial charge in [0.05, 0.1) is 0 Å². The van der Waals surface area contributed by atoms with Crippen LogP contribution in [0.15, 0.2) is 68.9 Å². The fraction of sp³-hybridized carbons (Fsp3) is 0.250. The number of thiazole rings is 2. The summed E-state index contributed by atoms with van der Waals surface area (Å²) in [4.78, 5) is 119. The molecule has 0 radical (unpaired) electrons. The number of nitrogen functional groups attached to an aromatic ring is 1. The molecule has 1 saturated heterocycles. The van der Waals surface area contributed by atoms with E-state index < -0.39 is 95.0 Å². The number of carbonyl (C=O) groups is 8. The Hall–Kier alpha value is -6.78. The first-order valence-electron chi connectivity index (χ1n) is 16.5. The van der Waals surface area contributed by atoms with Gasteiger partial charge in [-0.15, -0.1) is 46.2 Å². The maximum Gasteiger partial charge on any atom is 0.352 e. The van der Waals surface area contributed by atoms with Crippen molar-refractivity contribution in [2.45, 2.75) is 22.8 Å². The Balaban J connectivity index is 1.41. The van der Waals surface area contributed by atoms with E-state index in [9.17, 15) is 48.6 Å². The van der Waals surface area contributed by atoms with Crippen molar-refractivity contribution in [2.75, 3.05) is 35.8 Å². The van der Waals surface area contributed by atoms with E-state index in [0.717, 1.165) is 51.1 Å². The third-order valence-electron chi connectivity index (χ3n) is 7.95. The summed E-state index contributed by atoms with van der Waals surface area (Å²) in [5.41, 5.74) is 3.98. The summed E-state index contributed by atoms with van der Waals surface area (Å²) in [6.07, 6.45) is 2.61. The molecule has 5 rings (SSSR count). The van der Waals surface area contributed by atoms with Gasteiger partial charge in [0, 0.05) is 22.3 Å². The largest absolute Gasteiger partial charge is 0.479 e. The summed E-state index contributed by atoms with van der Waals surface area (Å²) in [5.74, 6) is -9.47. The minimum Gasteiger partial charge on any atom is -0.479 e. The molecule has 0 spiro atoms. The van der Waals surface area contributed by atoms with Crippen LogP contribution in [0, 0.1) is 0 Å². The molecule has 0 aromatic carbocycles. The highest BCUT2D eigenvalue weighted by Gasteiger charge is 2.54. The Morgan fingerprint density at radius 1 is 0.900 bits per heavy atom. The van der Waals surface area contributed by atoms with Gasteiger partial charge in [-0.05, 0) is 11.1 Å². The maximum absolute atomic E-state index is 14.0. The summed E-state index contributed by atoms with van der Waals surface area (Å²) in [6.45, 7) is 5.23. The predicted octanol–water partition coefficient (Wildman–Crippen LogP) is -0.972. The van der Waals surface area contributed by atoms with Crippen molar-refractivity contribution >= 4 is 115 Å². The smallest absolute Gasteiger partial charge is 0.352 e. The van der Waals surface area contributed by atoms with Gasteiger partial charge in [-0.1, -0.05) is 35.6 Å². The fourth-order valence-corrected chi connectivity index (χ4v) is 9.09. The molecule has 2 unspecified atom stereocenters. The number of aliphatic carboxylic acids is 4. The highest BCUT2D eigenvalue weighted by Crippen LogP contribution is 2.40.